The topological polar surface area (TPSA) is 89.5 Å². The molecule has 0 aliphatic carbocycles. The lowest BCUT2D eigenvalue weighted by molar-refractivity contribution is -0.147. The van der Waals surface area contributed by atoms with Crippen molar-refractivity contribution in [1.82, 2.24) is 5.32 Å². The van der Waals surface area contributed by atoms with Crippen LogP contribution in [0.1, 0.15) is 18.9 Å². The molecule has 1 aromatic carbocycles. The third-order valence-corrected chi connectivity index (χ3v) is 5.54. The number of esters is 1. The first kappa shape index (κ1) is 17.5. The largest absolute Gasteiger partial charge is 0.464 e. The van der Waals surface area contributed by atoms with Crippen molar-refractivity contribution in [1.29, 1.82) is 0 Å². The van der Waals surface area contributed by atoms with Gasteiger partial charge in [0.1, 0.15) is 6.04 Å². The fraction of sp³-hybridized carbons (Fsp3) is 0.500. The van der Waals surface area contributed by atoms with E-state index >= 15 is 0 Å². The molecule has 0 saturated carbocycles. The summed E-state index contributed by atoms with van der Waals surface area (Å²) < 4.78 is 28.0. The van der Waals surface area contributed by atoms with Gasteiger partial charge in [0.15, 0.2) is 9.84 Å². The average Bonchev–Trinajstić information content (AvgIpc) is 2.88. The zero-order valence-corrected chi connectivity index (χ0v) is 13.8. The molecule has 0 bridgehead atoms. The zero-order chi connectivity index (χ0) is 16.9. The van der Waals surface area contributed by atoms with Crippen LogP contribution in [0.3, 0.4) is 0 Å². The Morgan fingerprint density at radius 1 is 1.30 bits per heavy atom. The molecule has 126 valence electrons. The van der Waals surface area contributed by atoms with Crippen LogP contribution in [0.4, 0.5) is 0 Å². The van der Waals surface area contributed by atoms with Crippen molar-refractivity contribution in [3.8, 4) is 0 Å². The summed E-state index contributed by atoms with van der Waals surface area (Å²) in [6.07, 6.45) is 0.611. The van der Waals surface area contributed by atoms with Gasteiger partial charge >= 0.3 is 5.97 Å². The highest BCUT2D eigenvalue weighted by molar-refractivity contribution is 7.91. The monoisotopic (exact) mass is 339 g/mol. The van der Waals surface area contributed by atoms with Gasteiger partial charge in [-0.05, 0) is 18.9 Å². The smallest absolute Gasteiger partial charge is 0.328 e. The Kier molecular flexibility index (Phi) is 5.76. The van der Waals surface area contributed by atoms with Gasteiger partial charge in [-0.25, -0.2) is 13.2 Å². The fourth-order valence-electron chi connectivity index (χ4n) is 2.58. The molecule has 1 aliphatic rings. The number of benzene rings is 1. The number of sulfone groups is 1. The Hall–Kier alpha value is -1.89. The normalized spacial score (nSPS) is 20.7. The number of rotatable bonds is 6. The van der Waals surface area contributed by atoms with Crippen molar-refractivity contribution in [2.45, 2.75) is 25.8 Å². The summed E-state index contributed by atoms with van der Waals surface area (Å²) in [4.78, 5) is 24.3. The molecule has 1 aliphatic heterocycles. The van der Waals surface area contributed by atoms with Gasteiger partial charge in [-0.15, -0.1) is 0 Å². The highest BCUT2D eigenvalue weighted by Crippen LogP contribution is 2.19. The highest BCUT2D eigenvalue weighted by atomic mass is 32.2. The van der Waals surface area contributed by atoms with Crippen LogP contribution < -0.4 is 5.32 Å². The maximum atomic E-state index is 12.3. The van der Waals surface area contributed by atoms with E-state index in [9.17, 15) is 18.0 Å². The van der Waals surface area contributed by atoms with Gasteiger partial charge in [-0.3, -0.25) is 4.79 Å². The number of carbonyl (C=O) groups excluding carboxylic acids is 2. The fourth-order valence-corrected chi connectivity index (χ4v) is 4.32. The van der Waals surface area contributed by atoms with Crippen LogP contribution in [-0.2, 0) is 30.6 Å². The molecule has 1 heterocycles. The number of amides is 1. The molecule has 2 atom stereocenters. The number of ether oxygens (including phenoxy) is 1. The van der Waals surface area contributed by atoms with Crippen molar-refractivity contribution in [2.75, 3.05) is 18.1 Å². The number of hydrogen-bond acceptors (Lipinski definition) is 5. The van der Waals surface area contributed by atoms with E-state index in [2.05, 4.69) is 5.32 Å². The van der Waals surface area contributed by atoms with Gasteiger partial charge in [-0.1, -0.05) is 30.3 Å². The highest BCUT2D eigenvalue weighted by Gasteiger charge is 2.35. The van der Waals surface area contributed by atoms with Crippen LogP contribution in [0.25, 0.3) is 0 Å². The molecule has 23 heavy (non-hydrogen) atoms. The Bertz CT molecular complexity index is 656. The predicted octanol–water partition coefficient (Wildman–Crippen LogP) is 0.712. The van der Waals surface area contributed by atoms with E-state index < -0.39 is 33.7 Å². The quantitative estimate of drug-likeness (QED) is 0.771. The van der Waals surface area contributed by atoms with E-state index in [1.165, 1.54) is 0 Å². The molecular formula is C16H21NO5S. The van der Waals surface area contributed by atoms with Gasteiger partial charge in [0, 0.05) is 6.42 Å². The van der Waals surface area contributed by atoms with Gasteiger partial charge in [0.05, 0.1) is 24.0 Å². The molecule has 1 amide bonds. The van der Waals surface area contributed by atoms with E-state index in [1.807, 2.05) is 30.3 Å². The summed E-state index contributed by atoms with van der Waals surface area (Å²) in [6, 6.07) is 8.47. The number of carbonyl (C=O) groups is 2. The molecule has 0 radical (unpaired) electrons. The van der Waals surface area contributed by atoms with E-state index in [0.717, 1.165) is 5.56 Å². The Morgan fingerprint density at radius 2 is 2.00 bits per heavy atom. The summed E-state index contributed by atoms with van der Waals surface area (Å²) in [5.41, 5.74) is 0.893. The van der Waals surface area contributed by atoms with Crippen LogP contribution in [0.2, 0.25) is 0 Å². The zero-order valence-electron chi connectivity index (χ0n) is 13.0. The second-order valence-electron chi connectivity index (χ2n) is 5.60. The predicted molar refractivity (Wildman–Crippen MR) is 85.5 cm³/mol. The van der Waals surface area contributed by atoms with Crippen molar-refractivity contribution in [2.24, 2.45) is 5.92 Å². The molecule has 0 unspecified atom stereocenters. The van der Waals surface area contributed by atoms with E-state index in [0.29, 0.717) is 12.8 Å². The van der Waals surface area contributed by atoms with Crippen LogP contribution in [-0.4, -0.2) is 44.4 Å². The molecule has 0 aromatic heterocycles. The lowest BCUT2D eigenvalue weighted by Crippen LogP contribution is -2.46. The second-order valence-corrected chi connectivity index (χ2v) is 7.83. The van der Waals surface area contributed by atoms with Crippen molar-refractivity contribution in [3.05, 3.63) is 35.9 Å². The summed E-state index contributed by atoms with van der Waals surface area (Å²) in [5, 5.41) is 2.65. The summed E-state index contributed by atoms with van der Waals surface area (Å²) in [6.45, 7) is 1.92. The third-order valence-electron chi connectivity index (χ3n) is 3.77. The van der Waals surface area contributed by atoms with Crippen molar-refractivity contribution < 1.29 is 22.7 Å². The third kappa shape index (κ3) is 5.06. The van der Waals surface area contributed by atoms with E-state index in [-0.39, 0.29) is 18.1 Å². The van der Waals surface area contributed by atoms with Gasteiger partial charge in [0.25, 0.3) is 0 Å². The molecule has 1 N–H and O–H groups in total. The molecular weight excluding hydrogens is 318 g/mol. The van der Waals surface area contributed by atoms with Crippen molar-refractivity contribution in [3.63, 3.8) is 0 Å². The number of hydrogen-bond donors (Lipinski definition) is 1. The Balaban J connectivity index is 2.05. The lowest BCUT2D eigenvalue weighted by Gasteiger charge is -2.19. The average molecular weight is 339 g/mol. The van der Waals surface area contributed by atoms with Gasteiger partial charge < -0.3 is 10.1 Å². The van der Waals surface area contributed by atoms with Crippen LogP contribution in [0.15, 0.2) is 30.3 Å². The van der Waals surface area contributed by atoms with Crippen LogP contribution in [0, 0.1) is 5.92 Å². The van der Waals surface area contributed by atoms with Crippen LogP contribution >= 0.6 is 0 Å². The standard InChI is InChI=1S/C16H21NO5S/c1-2-22-16(19)14(10-12-6-4-3-5-7-12)17-15(18)13-8-9-23(20,21)11-13/h3-7,13-14H,2,8-11H2,1H3,(H,17,18)/t13-,14-/m0/s1. The second kappa shape index (κ2) is 7.59. The molecule has 0 spiro atoms. The van der Waals surface area contributed by atoms with Gasteiger partial charge in [0.2, 0.25) is 5.91 Å². The summed E-state index contributed by atoms with van der Waals surface area (Å²) in [7, 11) is -3.14. The first-order valence-corrected chi connectivity index (χ1v) is 9.45. The van der Waals surface area contributed by atoms with Crippen LogP contribution in [0.5, 0.6) is 0 Å². The van der Waals surface area contributed by atoms with E-state index in [1.54, 1.807) is 6.92 Å². The Labute approximate surface area is 136 Å². The van der Waals surface area contributed by atoms with E-state index in [4.69, 9.17) is 4.74 Å². The minimum atomic E-state index is -3.14. The maximum absolute atomic E-state index is 12.3. The summed E-state index contributed by atoms with van der Waals surface area (Å²) in [5.74, 6) is -1.63. The summed E-state index contributed by atoms with van der Waals surface area (Å²) >= 11 is 0. The molecule has 1 fully saturated rings. The van der Waals surface area contributed by atoms with Gasteiger partial charge in [-0.2, -0.15) is 0 Å². The lowest BCUT2D eigenvalue weighted by atomic mass is 10.0. The molecule has 7 heteroatoms. The molecule has 2 rings (SSSR count). The molecule has 1 aromatic rings. The first-order chi connectivity index (χ1) is 10.9. The minimum Gasteiger partial charge on any atom is -0.464 e. The SMILES string of the molecule is CCOC(=O)[C@H](Cc1ccccc1)NC(=O)[C@H]1CCS(=O)(=O)C1. The molecule has 1 saturated heterocycles. The maximum Gasteiger partial charge on any atom is 0.328 e. The molecule has 6 nitrogen and oxygen atoms in total. The Morgan fingerprint density at radius 3 is 2.57 bits per heavy atom. The van der Waals surface area contributed by atoms with Crippen molar-refractivity contribution >= 4 is 21.7 Å². The minimum absolute atomic E-state index is 0.0217. The number of nitrogens with one attached hydrogen (secondary N) is 1. The first-order valence-electron chi connectivity index (χ1n) is 7.62.